The van der Waals surface area contributed by atoms with E-state index in [9.17, 15) is 9.90 Å². The number of aromatic hydroxyl groups is 1. The van der Waals surface area contributed by atoms with Gasteiger partial charge < -0.3 is 14.8 Å². The summed E-state index contributed by atoms with van der Waals surface area (Å²) in [5.74, 6) is 0.257. The molecule has 3 rings (SSSR count). The molecule has 0 saturated carbocycles. The van der Waals surface area contributed by atoms with Gasteiger partial charge in [0.1, 0.15) is 11.3 Å². The number of nitrogens with zero attached hydrogens (tertiary/aromatic N) is 1. The highest BCUT2D eigenvalue weighted by molar-refractivity contribution is 6.31. The van der Waals surface area contributed by atoms with Crippen LogP contribution in [0.3, 0.4) is 0 Å². The van der Waals surface area contributed by atoms with E-state index in [1.807, 2.05) is 0 Å². The molecule has 0 bridgehead atoms. The fraction of sp³-hybridized carbons (Fsp3) is 0.263. The number of hydrogen-bond acceptors (Lipinski definition) is 4. The van der Waals surface area contributed by atoms with Crippen molar-refractivity contribution >= 4 is 34.3 Å². The predicted molar refractivity (Wildman–Crippen MR) is 98.9 cm³/mol. The second-order valence-corrected chi connectivity index (χ2v) is 6.30. The van der Waals surface area contributed by atoms with Gasteiger partial charge in [0, 0.05) is 17.1 Å². The van der Waals surface area contributed by atoms with Gasteiger partial charge in [-0.1, -0.05) is 31.4 Å². The zero-order chi connectivity index (χ0) is 17.8. The van der Waals surface area contributed by atoms with Crippen molar-refractivity contribution in [3.05, 3.63) is 41.4 Å². The van der Waals surface area contributed by atoms with Crippen LogP contribution in [0.5, 0.6) is 5.75 Å². The van der Waals surface area contributed by atoms with Gasteiger partial charge in [-0.2, -0.15) is 0 Å². The number of unbranched alkanes of at least 4 members (excludes halogenated alkanes) is 2. The van der Waals surface area contributed by atoms with Crippen LogP contribution in [0, 0.1) is 0 Å². The van der Waals surface area contributed by atoms with E-state index in [4.69, 9.17) is 16.0 Å². The average molecular weight is 359 g/mol. The summed E-state index contributed by atoms with van der Waals surface area (Å²) in [5.41, 5.74) is 2.19. The smallest absolute Gasteiger partial charge is 0.231 e. The number of phenolic OH excluding ortho intramolecular Hbond substituents is 1. The summed E-state index contributed by atoms with van der Waals surface area (Å²) < 4.78 is 5.69. The standard InChI is InChI=1S/C19H19ClN2O3/c1-2-3-4-5-18(24)21-13-7-8-16(23)14(11-13)19-22-15-10-12(20)6-9-17(15)25-19/h6-11,23H,2-5H2,1H3,(H,21,24). The first-order valence-corrected chi connectivity index (χ1v) is 8.64. The van der Waals surface area contributed by atoms with Crippen molar-refractivity contribution in [1.82, 2.24) is 4.98 Å². The monoisotopic (exact) mass is 358 g/mol. The van der Waals surface area contributed by atoms with Crippen LogP contribution in [-0.2, 0) is 4.79 Å². The van der Waals surface area contributed by atoms with Crippen molar-refractivity contribution in [2.45, 2.75) is 32.6 Å². The Morgan fingerprint density at radius 3 is 2.88 bits per heavy atom. The molecule has 0 aliphatic carbocycles. The number of carbonyl (C=O) groups excluding carboxylic acids is 1. The summed E-state index contributed by atoms with van der Waals surface area (Å²) in [6.07, 6.45) is 3.43. The highest BCUT2D eigenvalue weighted by atomic mass is 35.5. The molecular formula is C19H19ClN2O3. The molecule has 0 aliphatic heterocycles. The molecule has 0 saturated heterocycles. The van der Waals surface area contributed by atoms with Gasteiger partial charge in [-0.3, -0.25) is 4.79 Å². The van der Waals surface area contributed by atoms with E-state index in [-0.39, 0.29) is 17.5 Å². The van der Waals surface area contributed by atoms with Gasteiger partial charge in [-0.15, -0.1) is 0 Å². The Bertz CT molecular complexity index is 905. The Hall–Kier alpha value is -2.53. The van der Waals surface area contributed by atoms with Crippen LogP contribution in [0.25, 0.3) is 22.6 Å². The lowest BCUT2D eigenvalue weighted by atomic mass is 10.1. The number of nitrogens with one attached hydrogen (secondary N) is 1. The summed E-state index contributed by atoms with van der Waals surface area (Å²) in [6, 6.07) is 9.95. The maximum absolute atomic E-state index is 12.0. The van der Waals surface area contributed by atoms with E-state index in [0.717, 1.165) is 19.3 Å². The average Bonchev–Trinajstić information content (AvgIpc) is 2.99. The first-order chi connectivity index (χ1) is 12.1. The van der Waals surface area contributed by atoms with Gasteiger partial charge in [0.15, 0.2) is 5.58 Å². The molecule has 0 unspecified atom stereocenters. The number of benzene rings is 2. The molecule has 5 nitrogen and oxygen atoms in total. The first kappa shape index (κ1) is 17.3. The van der Waals surface area contributed by atoms with Gasteiger partial charge in [0.2, 0.25) is 11.8 Å². The molecule has 6 heteroatoms. The third-order valence-electron chi connectivity index (χ3n) is 3.87. The van der Waals surface area contributed by atoms with E-state index in [2.05, 4.69) is 17.2 Å². The van der Waals surface area contributed by atoms with Gasteiger partial charge in [0.25, 0.3) is 0 Å². The van der Waals surface area contributed by atoms with Gasteiger partial charge in [-0.25, -0.2) is 4.98 Å². The SMILES string of the molecule is CCCCCC(=O)Nc1ccc(O)c(-c2nc3cc(Cl)ccc3o2)c1. The van der Waals surface area contributed by atoms with Crippen molar-refractivity contribution in [3.8, 4) is 17.2 Å². The number of rotatable bonds is 6. The Morgan fingerprint density at radius 2 is 2.08 bits per heavy atom. The summed E-state index contributed by atoms with van der Waals surface area (Å²) in [5, 5.41) is 13.5. The lowest BCUT2D eigenvalue weighted by Gasteiger charge is -2.07. The summed E-state index contributed by atoms with van der Waals surface area (Å²) in [4.78, 5) is 16.3. The molecule has 0 fully saturated rings. The Labute approximate surface area is 150 Å². The Balaban J connectivity index is 1.84. The topological polar surface area (TPSA) is 75.4 Å². The molecule has 3 aromatic rings. The highest BCUT2D eigenvalue weighted by Crippen LogP contribution is 2.33. The fourth-order valence-electron chi connectivity index (χ4n) is 2.56. The third kappa shape index (κ3) is 4.12. The Morgan fingerprint density at radius 1 is 1.24 bits per heavy atom. The van der Waals surface area contributed by atoms with Crippen molar-refractivity contribution in [1.29, 1.82) is 0 Å². The quantitative estimate of drug-likeness (QED) is 0.458. The molecule has 0 aliphatic rings. The summed E-state index contributed by atoms with van der Waals surface area (Å²) in [7, 11) is 0. The predicted octanol–water partition coefficient (Wildman–Crippen LogP) is 5.37. The lowest BCUT2D eigenvalue weighted by Crippen LogP contribution is -2.11. The third-order valence-corrected chi connectivity index (χ3v) is 4.10. The minimum atomic E-state index is -0.0468. The number of hydrogen-bond donors (Lipinski definition) is 2. The molecule has 0 radical (unpaired) electrons. The van der Waals surface area contributed by atoms with Crippen LogP contribution in [-0.4, -0.2) is 16.0 Å². The van der Waals surface area contributed by atoms with Gasteiger partial charge >= 0.3 is 0 Å². The maximum Gasteiger partial charge on any atom is 0.231 e. The molecule has 1 heterocycles. The van der Waals surface area contributed by atoms with E-state index in [1.54, 1.807) is 30.3 Å². The van der Waals surface area contributed by atoms with Gasteiger partial charge in [0.05, 0.1) is 5.56 Å². The van der Waals surface area contributed by atoms with Crippen molar-refractivity contribution in [2.24, 2.45) is 0 Å². The lowest BCUT2D eigenvalue weighted by molar-refractivity contribution is -0.116. The van der Waals surface area contributed by atoms with Crippen LogP contribution >= 0.6 is 11.6 Å². The molecule has 0 spiro atoms. The number of aromatic nitrogens is 1. The number of amides is 1. The number of fused-ring (bicyclic) bond motifs is 1. The van der Waals surface area contributed by atoms with Crippen LogP contribution in [0.15, 0.2) is 40.8 Å². The molecule has 0 atom stereocenters. The maximum atomic E-state index is 12.0. The molecular weight excluding hydrogens is 340 g/mol. The van der Waals surface area contributed by atoms with E-state index in [0.29, 0.717) is 33.8 Å². The van der Waals surface area contributed by atoms with Crippen LogP contribution in [0.4, 0.5) is 5.69 Å². The van der Waals surface area contributed by atoms with E-state index < -0.39 is 0 Å². The first-order valence-electron chi connectivity index (χ1n) is 8.26. The fourth-order valence-corrected chi connectivity index (χ4v) is 2.73. The van der Waals surface area contributed by atoms with E-state index in [1.165, 1.54) is 6.07 Å². The molecule has 25 heavy (non-hydrogen) atoms. The normalized spacial score (nSPS) is 11.0. The minimum Gasteiger partial charge on any atom is -0.507 e. The largest absolute Gasteiger partial charge is 0.507 e. The summed E-state index contributed by atoms with van der Waals surface area (Å²) >= 11 is 5.96. The van der Waals surface area contributed by atoms with Crippen molar-refractivity contribution in [3.63, 3.8) is 0 Å². The second kappa shape index (κ2) is 7.57. The van der Waals surface area contributed by atoms with E-state index >= 15 is 0 Å². The molecule has 1 amide bonds. The number of halogens is 1. The number of carbonyl (C=O) groups is 1. The number of anilines is 1. The number of phenols is 1. The summed E-state index contributed by atoms with van der Waals surface area (Å²) in [6.45, 7) is 2.09. The molecule has 2 N–H and O–H groups in total. The molecule has 2 aromatic carbocycles. The second-order valence-electron chi connectivity index (χ2n) is 5.87. The van der Waals surface area contributed by atoms with Crippen LogP contribution < -0.4 is 5.32 Å². The highest BCUT2D eigenvalue weighted by Gasteiger charge is 2.14. The number of oxazole rings is 1. The molecule has 1 aromatic heterocycles. The zero-order valence-corrected chi connectivity index (χ0v) is 14.6. The van der Waals surface area contributed by atoms with Crippen molar-refractivity contribution < 1.29 is 14.3 Å². The van der Waals surface area contributed by atoms with Crippen LogP contribution in [0.1, 0.15) is 32.6 Å². The minimum absolute atomic E-state index is 0.0293. The molecule has 130 valence electrons. The van der Waals surface area contributed by atoms with Gasteiger partial charge in [-0.05, 0) is 42.8 Å². The zero-order valence-electron chi connectivity index (χ0n) is 13.9. The van der Waals surface area contributed by atoms with Crippen molar-refractivity contribution in [2.75, 3.05) is 5.32 Å². The van der Waals surface area contributed by atoms with Crippen LogP contribution in [0.2, 0.25) is 5.02 Å². The Kier molecular flexibility index (Phi) is 5.24.